The lowest BCUT2D eigenvalue weighted by atomic mass is 10.1. The first-order valence-electron chi connectivity index (χ1n) is 5.29. The molecule has 0 N–H and O–H groups in total. The van der Waals surface area contributed by atoms with Crippen LogP contribution in [0, 0.1) is 0 Å². The molecule has 0 radical (unpaired) electrons. The lowest BCUT2D eigenvalue weighted by Crippen LogP contribution is -2.28. The zero-order chi connectivity index (χ0) is 11.5. The van der Waals surface area contributed by atoms with Gasteiger partial charge in [-0.3, -0.25) is 4.79 Å². The normalized spacial score (nSPS) is 13.1. The molecule has 0 aliphatic carbocycles. The predicted molar refractivity (Wildman–Crippen MR) is 63.3 cm³/mol. The largest absolute Gasteiger partial charge is 0.493 e. The summed E-state index contributed by atoms with van der Waals surface area (Å²) in [7, 11) is 1.76. The highest BCUT2D eigenvalue weighted by molar-refractivity contribution is 6.18. The lowest BCUT2D eigenvalue weighted by molar-refractivity contribution is 0.0803. The molecule has 1 aliphatic heterocycles. The number of alkyl halides is 1. The monoisotopic (exact) mass is 239 g/mol. The summed E-state index contributed by atoms with van der Waals surface area (Å²) in [5.74, 6) is 1.36. The maximum atomic E-state index is 12.0. The van der Waals surface area contributed by atoms with Gasteiger partial charge in [-0.15, -0.1) is 11.6 Å². The summed E-state index contributed by atoms with van der Waals surface area (Å²) < 4.78 is 5.40. The lowest BCUT2D eigenvalue weighted by Gasteiger charge is -2.15. The molecule has 4 heteroatoms. The number of nitrogens with zero attached hydrogens (tertiary/aromatic N) is 1. The van der Waals surface area contributed by atoms with Crippen LogP contribution >= 0.6 is 11.6 Å². The van der Waals surface area contributed by atoms with Gasteiger partial charge in [-0.05, 0) is 23.8 Å². The van der Waals surface area contributed by atoms with Crippen molar-refractivity contribution >= 4 is 17.5 Å². The van der Waals surface area contributed by atoms with Gasteiger partial charge in [-0.25, -0.2) is 0 Å². The molecular weight excluding hydrogens is 226 g/mol. The van der Waals surface area contributed by atoms with E-state index in [1.54, 1.807) is 18.0 Å². The molecule has 2 rings (SSSR count). The predicted octanol–water partition coefficient (Wildman–Crippen LogP) is 1.93. The van der Waals surface area contributed by atoms with Crippen molar-refractivity contribution in [2.45, 2.75) is 6.42 Å². The number of rotatable bonds is 3. The molecule has 1 aliphatic rings. The van der Waals surface area contributed by atoms with E-state index in [9.17, 15) is 4.79 Å². The number of amides is 1. The van der Waals surface area contributed by atoms with Gasteiger partial charge in [0.25, 0.3) is 5.91 Å². The van der Waals surface area contributed by atoms with E-state index in [2.05, 4.69) is 0 Å². The van der Waals surface area contributed by atoms with E-state index >= 15 is 0 Å². The molecule has 1 heterocycles. The third kappa shape index (κ3) is 2.14. The Morgan fingerprint density at radius 1 is 1.56 bits per heavy atom. The maximum Gasteiger partial charge on any atom is 0.253 e. The van der Waals surface area contributed by atoms with Crippen molar-refractivity contribution in [1.29, 1.82) is 0 Å². The van der Waals surface area contributed by atoms with Crippen molar-refractivity contribution in [2.24, 2.45) is 0 Å². The summed E-state index contributed by atoms with van der Waals surface area (Å²) in [4.78, 5) is 13.6. The number of carbonyl (C=O) groups is 1. The average molecular weight is 240 g/mol. The van der Waals surface area contributed by atoms with Crippen molar-refractivity contribution in [3.63, 3.8) is 0 Å². The molecule has 16 heavy (non-hydrogen) atoms. The van der Waals surface area contributed by atoms with Crippen LogP contribution in [0.5, 0.6) is 5.75 Å². The van der Waals surface area contributed by atoms with Gasteiger partial charge in [-0.1, -0.05) is 0 Å². The minimum atomic E-state index is 0.00958. The number of fused-ring (bicyclic) bond motifs is 1. The summed E-state index contributed by atoms with van der Waals surface area (Å²) >= 11 is 5.61. The third-order valence-electron chi connectivity index (χ3n) is 2.70. The van der Waals surface area contributed by atoms with Crippen LogP contribution in [0.15, 0.2) is 18.2 Å². The van der Waals surface area contributed by atoms with Gasteiger partial charge in [-0.2, -0.15) is 0 Å². The molecule has 0 saturated heterocycles. The minimum absolute atomic E-state index is 0.00958. The first-order valence-corrected chi connectivity index (χ1v) is 5.83. The number of carbonyl (C=O) groups excluding carboxylic acids is 1. The maximum absolute atomic E-state index is 12.0. The average Bonchev–Trinajstić information content (AvgIpc) is 2.75. The van der Waals surface area contributed by atoms with Crippen LogP contribution in [-0.2, 0) is 6.42 Å². The quantitative estimate of drug-likeness (QED) is 0.755. The van der Waals surface area contributed by atoms with Crippen LogP contribution in [-0.4, -0.2) is 36.9 Å². The van der Waals surface area contributed by atoms with Crippen LogP contribution in [0.4, 0.5) is 0 Å². The van der Waals surface area contributed by atoms with E-state index in [0.717, 1.165) is 17.7 Å². The molecule has 1 amide bonds. The van der Waals surface area contributed by atoms with Crippen molar-refractivity contribution < 1.29 is 9.53 Å². The topological polar surface area (TPSA) is 29.5 Å². The summed E-state index contributed by atoms with van der Waals surface area (Å²) in [6, 6.07) is 5.58. The third-order valence-corrected chi connectivity index (χ3v) is 2.87. The van der Waals surface area contributed by atoms with Gasteiger partial charge >= 0.3 is 0 Å². The summed E-state index contributed by atoms with van der Waals surface area (Å²) in [5, 5.41) is 0. The van der Waals surface area contributed by atoms with Gasteiger partial charge < -0.3 is 9.64 Å². The van der Waals surface area contributed by atoms with Gasteiger partial charge in [0, 0.05) is 31.5 Å². The molecule has 0 atom stereocenters. The van der Waals surface area contributed by atoms with Gasteiger partial charge in [0.15, 0.2) is 0 Å². The zero-order valence-corrected chi connectivity index (χ0v) is 9.96. The van der Waals surface area contributed by atoms with Gasteiger partial charge in [0.1, 0.15) is 5.75 Å². The number of ether oxygens (including phenoxy) is 1. The van der Waals surface area contributed by atoms with E-state index in [1.165, 1.54) is 0 Å². The second kappa shape index (κ2) is 4.74. The van der Waals surface area contributed by atoms with Gasteiger partial charge in [0.2, 0.25) is 0 Å². The number of hydrogen-bond acceptors (Lipinski definition) is 2. The first-order chi connectivity index (χ1) is 7.72. The summed E-state index contributed by atoms with van der Waals surface area (Å²) in [5.41, 5.74) is 1.82. The highest BCUT2D eigenvalue weighted by Gasteiger charge is 2.16. The number of hydrogen-bond donors (Lipinski definition) is 0. The van der Waals surface area contributed by atoms with E-state index in [4.69, 9.17) is 16.3 Å². The second-order valence-electron chi connectivity index (χ2n) is 3.84. The molecule has 0 fully saturated rings. The van der Waals surface area contributed by atoms with Crippen molar-refractivity contribution in [3.05, 3.63) is 29.3 Å². The van der Waals surface area contributed by atoms with E-state index < -0.39 is 0 Å². The van der Waals surface area contributed by atoms with Crippen LogP contribution in [0.3, 0.4) is 0 Å². The Labute approximate surface area is 100.0 Å². The Balaban J connectivity index is 2.18. The van der Waals surface area contributed by atoms with Gasteiger partial charge in [0.05, 0.1) is 6.61 Å². The molecule has 86 valence electrons. The second-order valence-corrected chi connectivity index (χ2v) is 4.21. The molecule has 0 spiro atoms. The first kappa shape index (κ1) is 11.3. The fourth-order valence-electron chi connectivity index (χ4n) is 1.77. The van der Waals surface area contributed by atoms with E-state index in [-0.39, 0.29) is 5.91 Å². The SMILES string of the molecule is CN(CCCl)C(=O)c1ccc2c(c1)CCO2. The molecular formula is C12H14ClNO2. The Bertz CT molecular complexity index is 406. The van der Waals surface area contributed by atoms with Crippen LogP contribution in [0.25, 0.3) is 0 Å². The highest BCUT2D eigenvalue weighted by Crippen LogP contribution is 2.26. The fourth-order valence-corrected chi connectivity index (χ4v) is 2.02. The highest BCUT2D eigenvalue weighted by atomic mass is 35.5. The van der Waals surface area contributed by atoms with E-state index in [0.29, 0.717) is 24.6 Å². The summed E-state index contributed by atoms with van der Waals surface area (Å²) in [6.45, 7) is 1.28. The Kier molecular flexibility index (Phi) is 3.34. The molecule has 0 saturated carbocycles. The van der Waals surface area contributed by atoms with Crippen LogP contribution in [0.1, 0.15) is 15.9 Å². The molecule has 3 nitrogen and oxygen atoms in total. The molecule has 0 unspecified atom stereocenters. The van der Waals surface area contributed by atoms with Crippen molar-refractivity contribution in [3.8, 4) is 5.75 Å². The van der Waals surface area contributed by atoms with Crippen LogP contribution < -0.4 is 4.74 Å². The van der Waals surface area contributed by atoms with Crippen molar-refractivity contribution in [2.75, 3.05) is 26.1 Å². The fraction of sp³-hybridized carbons (Fsp3) is 0.417. The molecule has 1 aromatic rings. The molecule has 0 aromatic heterocycles. The smallest absolute Gasteiger partial charge is 0.253 e. The Hall–Kier alpha value is -1.22. The zero-order valence-electron chi connectivity index (χ0n) is 9.20. The van der Waals surface area contributed by atoms with E-state index in [1.807, 2.05) is 12.1 Å². The van der Waals surface area contributed by atoms with Crippen molar-refractivity contribution in [1.82, 2.24) is 4.90 Å². The Morgan fingerprint density at radius 3 is 3.12 bits per heavy atom. The Morgan fingerprint density at radius 2 is 2.38 bits per heavy atom. The molecule has 1 aromatic carbocycles. The summed E-state index contributed by atoms with van der Waals surface area (Å²) in [6.07, 6.45) is 0.885. The number of halogens is 1. The van der Waals surface area contributed by atoms with Crippen LogP contribution in [0.2, 0.25) is 0 Å². The molecule has 0 bridgehead atoms. The minimum Gasteiger partial charge on any atom is -0.493 e. The standard InChI is InChI=1S/C12H14ClNO2/c1-14(6-5-13)12(15)10-2-3-11-9(8-10)4-7-16-11/h2-3,8H,4-7H2,1H3. The number of benzene rings is 1.